The van der Waals surface area contributed by atoms with Crippen LogP contribution < -0.4 is 16.0 Å². The summed E-state index contributed by atoms with van der Waals surface area (Å²) in [5.74, 6) is 0.863. The summed E-state index contributed by atoms with van der Waals surface area (Å²) in [7, 11) is 0. The maximum Gasteiger partial charge on any atom is 0.223 e. The lowest BCUT2D eigenvalue weighted by Gasteiger charge is -2.32. The fraction of sp³-hybridized carbons (Fsp3) is 0.895. The first-order valence-corrected chi connectivity index (χ1v) is 9.96. The molecule has 0 aromatic rings. The van der Waals surface area contributed by atoms with E-state index in [-0.39, 0.29) is 29.7 Å². The first kappa shape index (κ1) is 17.7. The summed E-state index contributed by atoms with van der Waals surface area (Å²) < 4.78 is 0. The minimum atomic E-state index is 0.134. The molecule has 0 spiro atoms. The molecule has 1 aliphatic heterocycles. The summed E-state index contributed by atoms with van der Waals surface area (Å²) in [4.78, 5) is 24.7. The molecule has 3 rings (SSSR count). The number of nitrogens with one attached hydrogen (secondary N) is 3. The smallest absolute Gasteiger partial charge is 0.223 e. The van der Waals surface area contributed by atoms with Crippen molar-refractivity contribution in [3.05, 3.63) is 0 Å². The highest BCUT2D eigenvalue weighted by Gasteiger charge is 2.31. The molecule has 0 bridgehead atoms. The van der Waals surface area contributed by atoms with E-state index in [4.69, 9.17) is 0 Å². The van der Waals surface area contributed by atoms with E-state index in [1.807, 2.05) is 0 Å². The lowest BCUT2D eigenvalue weighted by molar-refractivity contribution is -0.127. The number of hydrogen-bond donors (Lipinski definition) is 3. The van der Waals surface area contributed by atoms with E-state index in [1.165, 1.54) is 12.8 Å². The highest BCUT2D eigenvalue weighted by Crippen LogP contribution is 2.28. The third-order valence-corrected chi connectivity index (χ3v) is 6.14. The Hall–Kier alpha value is -1.10. The van der Waals surface area contributed by atoms with Crippen molar-refractivity contribution in [3.8, 4) is 0 Å². The van der Waals surface area contributed by atoms with Gasteiger partial charge in [-0.3, -0.25) is 9.59 Å². The molecule has 1 heterocycles. The summed E-state index contributed by atoms with van der Waals surface area (Å²) >= 11 is 0. The lowest BCUT2D eigenvalue weighted by atomic mass is 9.84. The van der Waals surface area contributed by atoms with Gasteiger partial charge in [-0.1, -0.05) is 12.8 Å². The Bertz CT molecular complexity index is 440. The van der Waals surface area contributed by atoms with Crippen molar-refractivity contribution in [1.82, 2.24) is 16.0 Å². The second-order valence-corrected chi connectivity index (χ2v) is 8.12. The Kier molecular flexibility index (Phi) is 6.14. The Balaban J connectivity index is 1.38. The maximum absolute atomic E-state index is 12.5. The van der Waals surface area contributed by atoms with E-state index >= 15 is 0 Å². The van der Waals surface area contributed by atoms with Gasteiger partial charge in [-0.05, 0) is 64.8 Å². The molecule has 2 amide bonds. The van der Waals surface area contributed by atoms with E-state index in [0.29, 0.717) is 12.1 Å². The van der Waals surface area contributed by atoms with Crippen LogP contribution in [0.5, 0.6) is 0 Å². The molecule has 136 valence electrons. The number of carbonyl (C=O) groups is 2. The van der Waals surface area contributed by atoms with Crippen LogP contribution in [-0.4, -0.2) is 36.5 Å². The van der Waals surface area contributed by atoms with Gasteiger partial charge in [0.2, 0.25) is 11.8 Å². The molecule has 2 aliphatic carbocycles. The average Bonchev–Trinajstić information content (AvgIpc) is 3.10. The van der Waals surface area contributed by atoms with Crippen molar-refractivity contribution in [3.63, 3.8) is 0 Å². The summed E-state index contributed by atoms with van der Waals surface area (Å²) in [6, 6.07) is 1.10. The first-order valence-electron chi connectivity index (χ1n) is 9.96. The van der Waals surface area contributed by atoms with Crippen LogP contribution in [0.1, 0.15) is 71.1 Å². The highest BCUT2D eigenvalue weighted by molar-refractivity contribution is 5.80. The standard InChI is InChI=1S/C19H33N3O2/c1-13-12-17(10-11-20-13)22-19(24)15-6-8-16(9-7-15)21-18(23)14-4-2-3-5-14/h13-17,20H,2-12H2,1H3,(H,21,23)(H,22,24). The van der Waals surface area contributed by atoms with Gasteiger partial charge in [-0.2, -0.15) is 0 Å². The Morgan fingerprint density at radius 3 is 2.00 bits per heavy atom. The van der Waals surface area contributed by atoms with Crippen molar-refractivity contribution in [2.45, 2.75) is 89.3 Å². The monoisotopic (exact) mass is 335 g/mol. The van der Waals surface area contributed by atoms with Crippen LogP contribution in [0.2, 0.25) is 0 Å². The van der Waals surface area contributed by atoms with Crippen LogP contribution in [0.25, 0.3) is 0 Å². The quantitative estimate of drug-likeness (QED) is 0.737. The van der Waals surface area contributed by atoms with Gasteiger partial charge in [-0.25, -0.2) is 0 Å². The van der Waals surface area contributed by atoms with E-state index in [1.54, 1.807) is 0 Å². The van der Waals surface area contributed by atoms with Crippen LogP contribution in [0, 0.1) is 11.8 Å². The molecule has 5 nitrogen and oxygen atoms in total. The number of amides is 2. The molecule has 2 atom stereocenters. The fourth-order valence-corrected chi connectivity index (χ4v) is 4.59. The zero-order chi connectivity index (χ0) is 16.9. The zero-order valence-electron chi connectivity index (χ0n) is 15.0. The van der Waals surface area contributed by atoms with E-state index in [9.17, 15) is 9.59 Å². The molecule has 0 aromatic heterocycles. The molecule has 3 fully saturated rings. The van der Waals surface area contributed by atoms with Crippen molar-refractivity contribution in [2.24, 2.45) is 11.8 Å². The third kappa shape index (κ3) is 4.71. The largest absolute Gasteiger partial charge is 0.353 e. The molecule has 1 saturated heterocycles. The number of carbonyl (C=O) groups excluding carboxylic acids is 2. The van der Waals surface area contributed by atoms with Gasteiger partial charge in [0, 0.05) is 30.0 Å². The van der Waals surface area contributed by atoms with E-state index in [0.717, 1.165) is 57.9 Å². The first-order chi connectivity index (χ1) is 11.6. The second-order valence-electron chi connectivity index (χ2n) is 8.12. The number of piperidine rings is 1. The predicted molar refractivity (Wildman–Crippen MR) is 94.5 cm³/mol. The van der Waals surface area contributed by atoms with Crippen molar-refractivity contribution < 1.29 is 9.59 Å². The van der Waals surface area contributed by atoms with Gasteiger partial charge in [0.25, 0.3) is 0 Å². The Morgan fingerprint density at radius 2 is 1.38 bits per heavy atom. The molecule has 24 heavy (non-hydrogen) atoms. The summed E-state index contributed by atoms with van der Waals surface area (Å²) in [6.45, 7) is 3.17. The molecule has 0 radical (unpaired) electrons. The predicted octanol–water partition coefficient (Wildman–Crippen LogP) is 2.11. The minimum absolute atomic E-state index is 0.134. The Morgan fingerprint density at radius 1 is 0.792 bits per heavy atom. The molecule has 5 heteroatoms. The van der Waals surface area contributed by atoms with Crippen LogP contribution in [-0.2, 0) is 9.59 Å². The third-order valence-electron chi connectivity index (χ3n) is 6.14. The molecule has 2 unspecified atom stereocenters. The summed E-state index contributed by atoms with van der Waals surface area (Å²) in [5.41, 5.74) is 0. The number of hydrogen-bond acceptors (Lipinski definition) is 3. The maximum atomic E-state index is 12.5. The zero-order valence-corrected chi connectivity index (χ0v) is 15.0. The molecule has 3 N–H and O–H groups in total. The van der Waals surface area contributed by atoms with Crippen molar-refractivity contribution in [2.75, 3.05) is 6.54 Å². The summed E-state index contributed by atoms with van der Waals surface area (Å²) in [5, 5.41) is 9.90. The summed E-state index contributed by atoms with van der Waals surface area (Å²) in [6.07, 6.45) is 10.3. The van der Waals surface area contributed by atoms with E-state index < -0.39 is 0 Å². The molecule has 0 aromatic carbocycles. The van der Waals surface area contributed by atoms with Gasteiger partial charge >= 0.3 is 0 Å². The second kappa shape index (κ2) is 8.32. The molecule has 3 aliphatic rings. The van der Waals surface area contributed by atoms with Gasteiger partial charge < -0.3 is 16.0 Å². The Labute approximate surface area is 145 Å². The topological polar surface area (TPSA) is 70.2 Å². The molecular weight excluding hydrogens is 302 g/mol. The van der Waals surface area contributed by atoms with Crippen molar-refractivity contribution in [1.29, 1.82) is 0 Å². The van der Waals surface area contributed by atoms with Gasteiger partial charge in [0.1, 0.15) is 0 Å². The lowest BCUT2D eigenvalue weighted by Crippen LogP contribution is -2.49. The molecule has 2 saturated carbocycles. The SMILES string of the molecule is CC1CC(NC(=O)C2CCC(NC(=O)C3CCCC3)CC2)CCN1. The number of rotatable bonds is 4. The van der Waals surface area contributed by atoms with Crippen LogP contribution in [0.15, 0.2) is 0 Å². The minimum Gasteiger partial charge on any atom is -0.353 e. The van der Waals surface area contributed by atoms with Crippen LogP contribution in [0.3, 0.4) is 0 Å². The van der Waals surface area contributed by atoms with Gasteiger partial charge in [-0.15, -0.1) is 0 Å². The normalized spacial score (nSPS) is 34.7. The van der Waals surface area contributed by atoms with Crippen molar-refractivity contribution >= 4 is 11.8 Å². The van der Waals surface area contributed by atoms with E-state index in [2.05, 4.69) is 22.9 Å². The van der Waals surface area contributed by atoms with Crippen LogP contribution in [0.4, 0.5) is 0 Å². The average molecular weight is 335 g/mol. The molecular formula is C19H33N3O2. The fourth-order valence-electron chi connectivity index (χ4n) is 4.59. The van der Waals surface area contributed by atoms with Gasteiger partial charge in [0.05, 0.1) is 0 Å². The van der Waals surface area contributed by atoms with Gasteiger partial charge in [0.15, 0.2) is 0 Å². The highest BCUT2D eigenvalue weighted by atomic mass is 16.2. The van der Waals surface area contributed by atoms with Crippen LogP contribution >= 0.6 is 0 Å².